The van der Waals surface area contributed by atoms with E-state index in [0.29, 0.717) is 17.7 Å². The maximum Gasteiger partial charge on any atom is 0.350 e. The van der Waals surface area contributed by atoms with Crippen LogP contribution in [0.5, 0.6) is 0 Å². The predicted molar refractivity (Wildman–Crippen MR) is 77.6 cm³/mol. The van der Waals surface area contributed by atoms with Crippen LogP contribution in [-0.4, -0.2) is 32.1 Å². The molecule has 0 aliphatic carbocycles. The molecule has 22 heavy (non-hydrogen) atoms. The molecule has 0 saturated heterocycles. The number of hydrogen-bond donors (Lipinski definition) is 1. The number of benzene rings is 1. The lowest BCUT2D eigenvalue weighted by Crippen LogP contribution is -2.24. The predicted octanol–water partition coefficient (Wildman–Crippen LogP) is 1.26. The molecule has 1 aromatic rings. The van der Waals surface area contributed by atoms with Crippen molar-refractivity contribution in [3.8, 4) is 6.07 Å². The third-order valence-electron chi connectivity index (χ3n) is 3.41. The molecule has 0 bridgehead atoms. The van der Waals surface area contributed by atoms with Crippen molar-refractivity contribution in [2.45, 2.75) is 24.3 Å². The number of carbonyl (C=O) groups is 1. The third-order valence-corrected chi connectivity index (χ3v) is 4.26. The van der Waals surface area contributed by atoms with Gasteiger partial charge in [0.2, 0.25) is 0 Å². The van der Waals surface area contributed by atoms with Gasteiger partial charge in [0.25, 0.3) is 10.1 Å². The molecule has 2 rings (SSSR count). The normalized spacial score (nSPS) is 17.8. The van der Waals surface area contributed by atoms with E-state index < -0.39 is 16.1 Å². The molecule has 0 fully saturated rings. The van der Waals surface area contributed by atoms with Crippen molar-refractivity contribution in [1.82, 2.24) is 0 Å². The Labute approximate surface area is 128 Å². The highest BCUT2D eigenvalue weighted by atomic mass is 32.2. The fourth-order valence-electron chi connectivity index (χ4n) is 2.36. The van der Waals surface area contributed by atoms with Crippen molar-refractivity contribution >= 4 is 21.8 Å². The Balaban J connectivity index is 2.46. The van der Waals surface area contributed by atoms with Crippen LogP contribution < -0.4 is 4.90 Å². The van der Waals surface area contributed by atoms with E-state index in [9.17, 15) is 13.2 Å². The maximum atomic E-state index is 11.5. The Morgan fingerprint density at radius 3 is 2.77 bits per heavy atom. The summed E-state index contributed by atoms with van der Waals surface area (Å²) in [6.07, 6.45) is 1.91. The highest BCUT2D eigenvalue weighted by molar-refractivity contribution is 7.85. The summed E-state index contributed by atoms with van der Waals surface area (Å²) in [7, 11) is -3.08. The van der Waals surface area contributed by atoms with Gasteiger partial charge in [-0.15, -0.1) is 0 Å². The first-order valence-corrected chi connectivity index (χ1v) is 7.81. The molecule has 8 heteroatoms. The van der Waals surface area contributed by atoms with Gasteiger partial charge in [0.05, 0.1) is 12.0 Å². The fraction of sp³-hybridized carbons (Fsp3) is 0.286. The average Bonchev–Trinajstić information content (AvgIpc) is 2.77. The SMILES string of the molecule is COC(=O)/C(C#N)=C/N1c2ccc(S(=O)(=O)O)cc2CC1C. The highest BCUT2D eigenvalue weighted by Gasteiger charge is 2.27. The molecule has 0 amide bonds. The van der Waals surface area contributed by atoms with Crippen LogP contribution in [0.3, 0.4) is 0 Å². The quantitative estimate of drug-likeness (QED) is 0.386. The molecule has 0 aromatic heterocycles. The number of methoxy groups -OCH3 is 1. The second kappa shape index (κ2) is 5.79. The minimum Gasteiger partial charge on any atom is -0.465 e. The number of rotatable bonds is 3. The van der Waals surface area contributed by atoms with Crippen LogP contribution in [-0.2, 0) is 26.1 Å². The molecule has 7 nitrogen and oxygen atoms in total. The number of fused-ring (bicyclic) bond motifs is 1. The summed E-state index contributed by atoms with van der Waals surface area (Å²) in [5, 5.41) is 9.01. The number of carbonyl (C=O) groups excluding carboxylic acids is 1. The second-order valence-electron chi connectivity index (χ2n) is 4.87. The molecule has 1 aliphatic rings. The van der Waals surface area contributed by atoms with Gasteiger partial charge in [0, 0.05) is 17.9 Å². The van der Waals surface area contributed by atoms with Crippen LogP contribution in [0.2, 0.25) is 0 Å². The van der Waals surface area contributed by atoms with E-state index in [1.54, 1.807) is 11.0 Å². The van der Waals surface area contributed by atoms with Crippen molar-refractivity contribution in [3.63, 3.8) is 0 Å². The topological polar surface area (TPSA) is 108 Å². The molecule has 1 N–H and O–H groups in total. The molecule has 0 spiro atoms. The molecule has 0 radical (unpaired) electrons. The number of ether oxygens (including phenoxy) is 1. The maximum absolute atomic E-state index is 11.5. The van der Waals surface area contributed by atoms with Crippen LogP contribution in [0.25, 0.3) is 0 Å². The van der Waals surface area contributed by atoms with E-state index in [1.807, 2.05) is 6.92 Å². The first-order chi connectivity index (χ1) is 10.3. The lowest BCUT2D eigenvalue weighted by Gasteiger charge is -2.20. The van der Waals surface area contributed by atoms with E-state index in [4.69, 9.17) is 9.81 Å². The van der Waals surface area contributed by atoms with Gasteiger partial charge in [-0.2, -0.15) is 13.7 Å². The molecule has 0 saturated carbocycles. The standard InChI is InChI=1S/C14H14N2O5S/c1-9-5-10-6-12(22(18,19)20)3-4-13(10)16(9)8-11(7-15)14(17)21-2/h3-4,6,8-9H,5H2,1-2H3,(H,18,19,20)/b11-8+. The first-order valence-electron chi connectivity index (χ1n) is 6.37. The lowest BCUT2D eigenvalue weighted by molar-refractivity contribution is -0.135. The van der Waals surface area contributed by atoms with Crippen molar-refractivity contribution in [2.24, 2.45) is 0 Å². The van der Waals surface area contributed by atoms with Gasteiger partial charge in [-0.1, -0.05) is 0 Å². The van der Waals surface area contributed by atoms with Crippen molar-refractivity contribution < 1.29 is 22.5 Å². The van der Waals surface area contributed by atoms with E-state index >= 15 is 0 Å². The Kier molecular flexibility index (Phi) is 4.21. The molecule has 1 heterocycles. The van der Waals surface area contributed by atoms with Gasteiger partial charge < -0.3 is 9.64 Å². The molecule has 1 atom stereocenters. The van der Waals surface area contributed by atoms with Gasteiger partial charge in [-0.05, 0) is 37.1 Å². The van der Waals surface area contributed by atoms with Crippen LogP contribution >= 0.6 is 0 Å². The van der Waals surface area contributed by atoms with Crippen molar-refractivity contribution in [2.75, 3.05) is 12.0 Å². The zero-order chi connectivity index (χ0) is 16.5. The first kappa shape index (κ1) is 16.0. The van der Waals surface area contributed by atoms with Gasteiger partial charge in [0.1, 0.15) is 6.07 Å². The largest absolute Gasteiger partial charge is 0.465 e. The summed E-state index contributed by atoms with van der Waals surface area (Å²) in [6, 6.07) is 5.90. The summed E-state index contributed by atoms with van der Waals surface area (Å²) in [5.74, 6) is -0.738. The van der Waals surface area contributed by atoms with Gasteiger partial charge in [0.15, 0.2) is 5.57 Å². The Hall–Kier alpha value is -2.37. The summed E-state index contributed by atoms with van der Waals surface area (Å²) in [4.78, 5) is 13.0. The fourth-order valence-corrected chi connectivity index (χ4v) is 2.90. The number of hydrogen-bond acceptors (Lipinski definition) is 6. The minimum atomic E-state index is -4.26. The number of nitriles is 1. The molecular formula is C14H14N2O5S. The Bertz CT molecular complexity index is 792. The average molecular weight is 322 g/mol. The van der Waals surface area contributed by atoms with Crippen LogP contribution in [0, 0.1) is 11.3 Å². The smallest absolute Gasteiger partial charge is 0.350 e. The van der Waals surface area contributed by atoms with Crippen molar-refractivity contribution in [1.29, 1.82) is 5.26 Å². The number of anilines is 1. The molecule has 1 unspecified atom stereocenters. The van der Waals surface area contributed by atoms with E-state index in [2.05, 4.69) is 4.74 Å². The van der Waals surface area contributed by atoms with Gasteiger partial charge in [-0.25, -0.2) is 4.79 Å². The van der Waals surface area contributed by atoms with Crippen LogP contribution in [0.15, 0.2) is 34.9 Å². The Morgan fingerprint density at radius 2 is 2.23 bits per heavy atom. The molecule has 1 aromatic carbocycles. The molecule has 116 valence electrons. The minimum absolute atomic E-state index is 0.0698. The summed E-state index contributed by atoms with van der Waals surface area (Å²) >= 11 is 0. The number of nitrogens with zero attached hydrogens (tertiary/aromatic N) is 2. The van der Waals surface area contributed by atoms with Gasteiger partial charge >= 0.3 is 5.97 Å². The lowest BCUT2D eigenvalue weighted by atomic mass is 10.1. The number of esters is 1. The monoisotopic (exact) mass is 322 g/mol. The van der Waals surface area contributed by atoms with Crippen molar-refractivity contribution in [3.05, 3.63) is 35.5 Å². The molecular weight excluding hydrogens is 308 g/mol. The zero-order valence-electron chi connectivity index (χ0n) is 12.0. The summed E-state index contributed by atoms with van der Waals surface area (Å²) < 4.78 is 36.0. The van der Waals surface area contributed by atoms with E-state index in [1.165, 1.54) is 31.5 Å². The summed E-state index contributed by atoms with van der Waals surface area (Å²) in [6.45, 7) is 1.87. The highest BCUT2D eigenvalue weighted by Crippen LogP contribution is 2.34. The zero-order valence-corrected chi connectivity index (χ0v) is 12.8. The van der Waals surface area contributed by atoms with Crippen LogP contribution in [0.1, 0.15) is 12.5 Å². The Morgan fingerprint density at radius 1 is 1.55 bits per heavy atom. The van der Waals surface area contributed by atoms with E-state index in [0.717, 1.165) is 0 Å². The summed E-state index contributed by atoms with van der Waals surface area (Å²) in [5.41, 5.74) is 1.23. The second-order valence-corrected chi connectivity index (χ2v) is 6.29. The van der Waals surface area contributed by atoms with Gasteiger partial charge in [-0.3, -0.25) is 4.55 Å². The van der Waals surface area contributed by atoms with Crippen LogP contribution in [0.4, 0.5) is 5.69 Å². The third kappa shape index (κ3) is 2.95. The van der Waals surface area contributed by atoms with E-state index in [-0.39, 0.29) is 16.5 Å². The molecule has 1 aliphatic heterocycles.